The van der Waals surface area contributed by atoms with E-state index in [0.29, 0.717) is 29.3 Å². The molecule has 6 nitrogen and oxygen atoms in total. The molecule has 0 unspecified atom stereocenters. The van der Waals surface area contributed by atoms with Crippen LogP contribution in [0.4, 0.5) is 0 Å². The highest BCUT2D eigenvalue weighted by Gasteiger charge is 2.39. The summed E-state index contributed by atoms with van der Waals surface area (Å²) >= 11 is 0. The third-order valence-electron chi connectivity index (χ3n) is 4.90. The summed E-state index contributed by atoms with van der Waals surface area (Å²) in [6, 6.07) is 5.63. The molecule has 0 aliphatic rings. The first-order valence-electron chi connectivity index (χ1n) is 8.92. The van der Waals surface area contributed by atoms with Crippen molar-refractivity contribution < 1.29 is 14.0 Å². The number of benzene rings is 1. The molecule has 0 spiro atoms. The molecule has 1 aromatic carbocycles. The van der Waals surface area contributed by atoms with E-state index < -0.39 is 8.32 Å². The number of aromatic nitrogens is 3. The number of nitrogens with one attached hydrogen (secondary N) is 1. The van der Waals surface area contributed by atoms with Crippen molar-refractivity contribution in [2.75, 3.05) is 7.11 Å². The SMILES string of the molecule is CCCC(=O)c1n[nH]nc1-c1ccc(O[Si](C)(C)C(C)(C)C)c(OC)c1. The fraction of sp³-hybridized carbons (Fsp3) is 0.526. The summed E-state index contributed by atoms with van der Waals surface area (Å²) in [5, 5.41) is 10.8. The lowest BCUT2D eigenvalue weighted by Crippen LogP contribution is -2.43. The van der Waals surface area contributed by atoms with Gasteiger partial charge in [0.2, 0.25) is 0 Å². The molecule has 1 aromatic heterocycles. The Bertz CT molecular complexity index is 779. The summed E-state index contributed by atoms with van der Waals surface area (Å²) in [6.45, 7) is 12.9. The maximum atomic E-state index is 12.2. The van der Waals surface area contributed by atoms with Gasteiger partial charge in [-0.1, -0.05) is 27.7 Å². The molecule has 26 heavy (non-hydrogen) atoms. The number of carbonyl (C=O) groups excluding carboxylic acids is 1. The predicted molar refractivity (Wildman–Crippen MR) is 105 cm³/mol. The Morgan fingerprint density at radius 1 is 1.19 bits per heavy atom. The molecule has 0 aliphatic heterocycles. The smallest absolute Gasteiger partial charge is 0.250 e. The van der Waals surface area contributed by atoms with Gasteiger partial charge in [0.15, 0.2) is 17.2 Å². The largest absolute Gasteiger partial charge is 0.541 e. The van der Waals surface area contributed by atoms with E-state index in [1.165, 1.54) is 0 Å². The van der Waals surface area contributed by atoms with Crippen LogP contribution in [0, 0.1) is 0 Å². The number of rotatable bonds is 7. The minimum absolute atomic E-state index is 0.0168. The average molecular weight is 376 g/mol. The van der Waals surface area contributed by atoms with Gasteiger partial charge >= 0.3 is 0 Å². The number of hydrogen-bond donors (Lipinski definition) is 1. The first-order valence-corrected chi connectivity index (χ1v) is 11.8. The summed E-state index contributed by atoms with van der Waals surface area (Å²) in [6.07, 6.45) is 1.22. The van der Waals surface area contributed by atoms with Crippen molar-refractivity contribution >= 4 is 14.1 Å². The van der Waals surface area contributed by atoms with Crippen LogP contribution < -0.4 is 9.16 Å². The second-order valence-corrected chi connectivity index (χ2v) is 12.6. The third-order valence-corrected chi connectivity index (χ3v) is 9.24. The lowest BCUT2D eigenvalue weighted by Gasteiger charge is -2.36. The Labute approximate surface area is 156 Å². The molecule has 0 saturated carbocycles. The Morgan fingerprint density at radius 2 is 1.88 bits per heavy atom. The van der Waals surface area contributed by atoms with Gasteiger partial charge in [-0.05, 0) is 42.8 Å². The van der Waals surface area contributed by atoms with E-state index in [9.17, 15) is 4.79 Å². The molecule has 2 rings (SSSR count). The second kappa shape index (κ2) is 7.61. The Morgan fingerprint density at radius 3 is 2.46 bits per heavy atom. The van der Waals surface area contributed by atoms with Crippen molar-refractivity contribution in [1.29, 1.82) is 0 Å². The molecule has 1 N–H and O–H groups in total. The quantitative estimate of drug-likeness (QED) is 0.553. The number of ether oxygens (including phenoxy) is 1. The van der Waals surface area contributed by atoms with Gasteiger partial charge in [-0.2, -0.15) is 15.4 Å². The highest BCUT2D eigenvalue weighted by atomic mass is 28.4. The number of ketones is 1. The standard InChI is InChI=1S/C19H29N3O3Si/c1-8-9-14(23)18-17(20-22-21-18)13-10-11-15(16(12-13)24-5)25-26(6,7)19(2,3)4/h10-12H,8-9H2,1-7H3,(H,20,21,22). The molecular weight excluding hydrogens is 346 g/mol. The van der Waals surface area contributed by atoms with Crippen LogP contribution >= 0.6 is 0 Å². The van der Waals surface area contributed by atoms with E-state index in [0.717, 1.165) is 12.0 Å². The molecule has 0 atom stereocenters. The van der Waals surface area contributed by atoms with Crippen molar-refractivity contribution in [3.63, 3.8) is 0 Å². The fourth-order valence-electron chi connectivity index (χ4n) is 2.30. The summed E-state index contributed by atoms with van der Waals surface area (Å²) < 4.78 is 11.9. The highest BCUT2D eigenvalue weighted by Crippen LogP contribution is 2.41. The monoisotopic (exact) mass is 375 g/mol. The maximum Gasteiger partial charge on any atom is 0.250 e. The number of carbonyl (C=O) groups is 1. The summed E-state index contributed by atoms with van der Waals surface area (Å²) in [7, 11) is -0.370. The van der Waals surface area contributed by atoms with Crippen LogP contribution in [0.15, 0.2) is 18.2 Å². The Balaban J connectivity index is 2.39. The Hall–Kier alpha value is -2.15. The van der Waals surface area contributed by atoms with Crippen LogP contribution in [-0.2, 0) is 0 Å². The molecule has 0 aliphatic carbocycles. The number of methoxy groups -OCH3 is 1. The number of Topliss-reactive ketones (excluding diaryl/α,β-unsaturated/α-hetero) is 1. The first-order chi connectivity index (χ1) is 12.1. The lowest BCUT2D eigenvalue weighted by molar-refractivity contribution is 0.0977. The number of nitrogens with zero attached hydrogens (tertiary/aromatic N) is 2. The first kappa shape index (κ1) is 20.2. The van der Waals surface area contributed by atoms with E-state index in [-0.39, 0.29) is 10.8 Å². The zero-order valence-corrected chi connectivity index (χ0v) is 17.8. The predicted octanol–water partition coefficient (Wildman–Crippen LogP) is 4.85. The summed E-state index contributed by atoms with van der Waals surface area (Å²) in [5.41, 5.74) is 1.69. The van der Waals surface area contributed by atoms with Crippen LogP contribution in [0.3, 0.4) is 0 Å². The molecule has 0 amide bonds. The summed E-state index contributed by atoms with van der Waals surface area (Å²) in [5.74, 6) is 1.33. The van der Waals surface area contributed by atoms with Gasteiger partial charge in [-0.25, -0.2) is 0 Å². The topological polar surface area (TPSA) is 77.1 Å². The van der Waals surface area contributed by atoms with Crippen LogP contribution in [-0.4, -0.2) is 36.6 Å². The van der Waals surface area contributed by atoms with Gasteiger partial charge in [-0.3, -0.25) is 4.79 Å². The molecular formula is C19H29N3O3Si. The lowest BCUT2D eigenvalue weighted by atomic mass is 10.1. The van der Waals surface area contributed by atoms with Crippen molar-refractivity contribution in [3.05, 3.63) is 23.9 Å². The van der Waals surface area contributed by atoms with Crippen molar-refractivity contribution in [1.82, 2.24) is 15.4 Å². The van der Waals surface area contributed by atoms with E-state index in [1.54, 1.807) is 7.11 Å². The van der Waals surface area contributed by atoms with E-state index in [4.69, 9.17) is 9.16 Å². The van der Waals surface area contributed by atoms with Gasteiger partial charge in [0.1, 0.15) is 11.4 Å². The third kappa shape index (κ3) is 4.15. The zero-order valence-electron chi connectivity index (χ0n) is 16.8. The van der Waals surface area contributed by atoms with Crippen LogP contribution in [0.25, 0.3) is 11.3 Å². The maximum absolute atomic E-state index is 12.2. The fourth-order valence-corrected chi connectivity index (χ4v) is 3.32. The molecule has 0 bridgehead atoms. The van der Waals surface area contributed by atoms with Crippen LogP contribution in [0.1, 0.15) is 51.0 Å². The molecule has 1 heterocycles. The molecule has 7 heteroatoms. The molecule has 142 valence electrons. The van der Waals surface area contributed by atoms with E-state index >= 15 is 0 Å². The highest BCUT2D eigenvalue weighted by molar-refractivity contribution is 6.74. The number of hydrogen-bond acceptors (Lipinski definition) is 5. The van der Waals surface area contributed by atoms with Crippen molar-refractivity contribution in [2.45, 2.75) is 58.7 Å². The number of aromatic amines is 1. The van der Waals surface area contributed by atoms with Crippen LogP contribution in [0.5, 0.6) is 11.5 Å². The minimum Gasteiger partial charge on any atom is -0.541 e. The molecule has 2 aromatic rings. The number of H-pyrrole nitrogens is 1. The van der Waals surface area contributed by atoms with E-state index in [1.807, 2.05) is 25.1 Å². The van der Waals surface area contributed by atoms with Crippen LogP contribution in [0.2, 0.25) is 18.1 Å². The van der Waals surface area contributed by atoms with Gasteiger partial charge in [0, 0.05) is 12.0 Å². The molecule has 0 saturated heterocycles. The molecule has 0 radical (unpaired) electrons. The second-order valence-electron chi connectivity index (χ2n) is 7.92. The zero-order chi connectivity index (χ0) is 19.5. The van der Waals surface area contributed by atoms with Crippen molar-refractivity contribution in [2.24, 2.45) is 0 Å². The molecule has 0 fully saturated rings. The Kier molecular flexibility index (Phi) is 5.90. The normalized spacial score (nSPS) is 12.1. The van der Waals surface area contributed by atoms with Gasteiger partial charge in [0.05, 0.1) is 7.11 Å². The van der Waals surface area contributed by atoms with Gasteiger partial charge in [0.25, 0.3) is 8.32 Å². The van der Waals surface area contributed by atoms with Crippen molar-refractivity contribution in [3.8, 4) is 22.8 Å². The van der Waals surface area contributed by atoms with Gasteiger partial charge in [-0.15, -0.1) is 0 Å². The van der Waals surface area contributed by atoms with Gasteiger partial charge < -0.3 is 9.16 Å². The van der Waals surface area contributed by atoms with E-state index in [2.05, 4.69) is 49.3 Å². The minimum atomic E-state index is -1.98. The summed E-state index contributed by atoms with van der Waals surface area (Å²) in [4.78, 5) is 12.2. The average Bonchev–Trinajstić information content (AvgIpc) is 3.03.